The van der Waals surface area contributed by atoms with Crippen molar-refractivity contribution in [3.63, 3.8) is 0 Å². The average molecular weight is 288 g/mol. The van der Waals surface area contributed by atoms with E-state index in [0.29, 0.717) is 17.9 Å². The molecule has 2 rings (SSSR count). The Morgan fingerprint density at radius 1 is 1.38 bits per heavy atom. The van der Waals surface area contributed by atoms with Gasteiger partial charge in [-0.25, -0.2) is 0 Å². The molecule has 0 bridgehead atoms. The first-order valence-corrected chi connectivity index (χ1v) is 7.80. The summed E-state index contributed by atoms with van der Waals surface area (Å²) in [5.41, 5.74) is 8.33. The normalized spacial score (nSPS) is 17.3. The zero-order chi connectivity index (χ0) is 15.4. The van der Waals surface area contributed by atoms with Crippen LogP contribution in [0, 0.1) is 5.92 Å². The van der Waals surface area contributed by atoms with E-state index in [1.165, 1.54) is 18.4 Å². The molecule has 1 unspecified atom stereocenters. The molecule has 0 aliphatic heterocycles. The Kier molecular flexibility index (Phi) is 5.23. The fraction of sp³-hybridized carbons (Fsp3) is 0.588. The largest absolute Gasteiger partial charge is 0.370 e. The molecule has 1 fully saturated rings. The van der Waals surface area contributed by atoms with Crippen LogP contribution in [0.15, 0.2) is 29.3 Å². The molecule has 0 radical (unpaired) electrons. The number of hydrogen-bond acceptors (Lipinski definition) is 2. The number of nitrogens with two attached hydrogens (primary N) is 1. The van der Waals surface area contributed by atoms with Crippen molar-refractivity contribution in [2.45, 2.75) is 38.6 Å². The first-order valence-electron chi connectivity index (χ1n) is 7.80. The average Bonchev–Trinajstić information content (AvgIpc) is 3.23. The maximum absolute atomic E-state index is 6.02. The Morgan fingerprint density at radius 2 is 2.10 bits per heavy atom. The van der Waals surface area contributed by atoms with Crippen LogP contribution < -0.4 is 11.1 Å². The minimum absolute atomic E-state index is 0.503. The molecular formula is C17H28N4. The van der Waals surface area contributed by atoms with Crippen LogP contribution in [0.25, 0.3) is 0 Å². The van der Waals surface area contributed by atoms with E-state index in [1.807, 2.05) is 6.07 Å². The summed E-state index contributed by atoms with van der Waals surface area (Å²) in [6.07, 6.45) is 2.64. The predicted molar refractivity (Wildman–Crippen MR) is 90.8 cm³/mol. The second-order valence-electron chi connectivity index (χ2n) is 6.50. The Bertz CT molecular complexity index is 487. The van der Waals surface area contributed by atoms with Crippen molar-refractivity contribution in [1.29, 1.82) is 0 Å². The molecule has 4 heteroatoms. The number of benzene rings is 1. The van der Waals surface area contributed by atoms with Gasteiger partial charge in [0.25, 0.3) is 0 Å². The van der Waals surface area contributed by atoms with Gasteiger partial charge in [0.2, 0.25) is 0 Å². The molecule has 116 valence electrons. The number of anilines is 1. The van der Waals surface area contributed by atoms with Crippen LogP contribution in [0.3, 0.4) is 0 Å². The van der Waals surface area contributed by atoms with Crippen molar-refractivity contribution in [2.75, 3.05) is 26.0 Å². The summed E-state index contributed by atoms with van der Waals surface area (Å²) < 4.78 is 0. The first kappa shape index (κ1) is 15.8. The highest BCUT2D eigenvalue weighted by atomic mass is 15.2. The van der Waals surface area contributed by atoms with Crippen LogP contribution in [0.2, 0.25) is 0 Å². The third kappa shape index (κ3) is 4.74. The van der Waals surface area contributed by atoms with Crippen LogP contribution in [0.5, 0.6) is 0 Å². The maximum Gasteiger partial charge on any atom is 0.193 e. The number of rotatable bonds is 6. The SMILES string of the molecule is CC(C)c1cccc(NC(N)=NCC(C2CC2)N(C)C)c1. The Morgan fingerprint density at radius 3 is 2.67 bits per heavy atom. The smallest absolute Gasteiger partial charge is 0.193 e. The molecule has 1 aromatic carbocycles. The van der Waals surface area contributed by atoms with Crippen LogP contribution in [0.4, 0.5) is 5.69 Å². The number of nitrogens with one attached hydrogen (secondary N) is 1. The third-order valence-corrected chi connectivity index (χ3v) is 4.10. The van der Waals surface area contributed by atoms with Crippen LogP contribution in [-0.2, 0) is 0 Å². The maximum atomic E-state index is 6.02. The lowest BCUT2D eigenvalue weighted by molar-refractivity contribution is 0.271. The first-order chi connectivity index (χ1) is 9.97. The molecule has 0 amide bonds. The topological polar surface area (TPSA) is 53.6 Å². The lowest BCUT2D eigenvalue weighted by Crippen LogP contribution is -2.34. The van der Waals surface area contributed by atoms with Gasteiger partial charge >= 0.3 is 0 Å². The van der Waals surface area contributed by atoms with Gasteiger partial charge in [0, 0.05) is 11.7 Å². The van der Waals surface area contributed by atoms with Gasteiger partial charge in [0.05, 0.1) is 6.54 Å². The fourth-order valence-corrected chi connectivity index (χ4v) is 2.57. The summed E-state index contributed by atoms with van der Waals surface area (Å²) in [6.45, 7) is 5.14. The van der Waals surface area contributed by atoms with Gasteiger partial charge in [-0.3, -0.25) is 4.99 Å². The molecule has 1 atom stereocenters. The molecular weight excluding hydrogens is 260 g/mol. The lowest BCUT2D eigenvalue weighted by atomic mass is 10.0. The summed E-state index contributed by atoms with van der Waals surface area (Å²) >= 11 is 0. The van der Waals surface area contributed by atoms with Crippen molar-refractivity contribution in [3.05, 3.63) is 29.8 Å². The van der Waals surface area contributed by atoms with E-state index < -0.39 is 0 Å². The zero-order valence-corrected chi connectivity index (χ0v) is 13.6. The molecule has 0 saturated heterocycles. The Balaban J connectivity index is 1.95. The van der Waals surface area contributed by atoms with E-state index >= 15 is 0 Å². The molecule has 0 heterocycles. The van der Waals surface area contributed by atoms with Crippen molar-refractivity contribution < 1.29 is 0 Å². The summed E-state index contributed by atoms with van der Waals surface area (Å²) in [6, 6.07) is 8.86. The number of likely N-dealkylation sites (N-methyl/N-ethyl adjacent to an activating group) is 1. The van der Waals surface area contributed by atoms with Crippen LogP contribution in [-0.4, -0.2) is 37.5 Å². The lowest BCUT2D eigenvalue weighted by Gasteiger charge is -2.22. The second kappa shape index (κ2) is 6.94. The van der Waals surface area contributed by atoms with E-state index in [2.05, 4.69) is 61.4 Å². The van der Waals surface area contributed by atoms with Crippen LogP contribution >= 0.6 is 0 Å². The summed E-state index contributed by atoms with van der Waals surface area (Å²) in [7, 11) is 4.24. The summed E-state index contributed by atoms with van der Waals surface area (Å²) in [5.74, 6) is 1.81. The molecule has 1 aliphatic carbocycles. The Hall–Kier alpha value is -1.55. The zero-order valence-electron chi connectivity index (χ0n) is 13.6. The molecule has 1 saturated carbocycles. The number of aliphatic imine (C=N–C) groups is 1. The third-order valence-electron chi connectivity index (χ3n) is 4.10. The molecule has 1 aliphatic rings. The molecule has 0 aromatic heterocycles. The van der Waals surface area contributed by atoms with E-state index in [0.717, 1.165) is 18.2 Å². The molecule has 0 spiro atoms. The number of hydrogen-bond donors (Lipinski definition) is 2. The number of guanidine groups is 1. The summed E-state index contributed by atoms with van der Waals surface area (Å²) in [4.78, 5) is 6.78. The molecule has 21 heavy (non-hydrogen) atoms. The predicted octanol–water partition coefficient (Wildman–Crippen LogP) is 2.88. The molecule has 4 nitrogen and oxygen atoms in total. The monoisotopic (exact) mass is 288 g/mol. The van der Waals surface area contributed by atoms with Gasteiger partial charge < -0.3 is 16.0 Å². The van der Waals surface area contributed by atoms with Gasteiger partial charge in [-0.1, -0.05) is 26.0 Å². The standard InChI is InChI=1S/C17H28N4/c1-12(2)14-6-5-7-15(10-14)20-17(18)19-11-16(21(3)4)13-8-9-13/h5-7,10,12-13,16H,8-9,11H2,1-4H3,(H3,18,19,20). The van der Waals surface area contributed by atoms with Gasteiger partial charge in [0.15, 0.2) is 5.96 Å². The van der Waals surface area contributed by atoms with E-state index in [1.54, 1.807) is 0 Å². The van der Waals surface area contributed by atoms with E-state index in [9.17, 15) is 0 Å². The minimum Gasteiger partial charge on any atom is -0.370 e. The van der Waals surface area contributed by atoms with E-state index in [4.69, 9.17) is 5.73 Å². The minimum atomic E-state index is 0.503. The van der Waals surface area contributed by atoms with Gasteiger partial charge in [-0.15, -0.1) is 0 Å². The van der Waals surface area contributed by atoms with E-state index in [-0.39, 0.29) is 0 Å². The van der Waals surface area contributed by atoms with Crippen LogP contribution in [0.1, 0.15) is 38.2 Å². The highest BCUT2D eigenvalue weighted by molar-refractivity contribution is 5.92. The Labute approximate surface area is 128 Å². The number of nitrogens with zero attached hydrogens (tertiary/aromatic N) is 2. The quantitative estimate of drug-likeness (QED) is 0.625. The van der Waals surface area contributed by atoms with Crippen molar-refractivity contribution in [3.8, 4) is 0 Å². The van der Waals surface area contributed by atoms with Gasteiger partial charge in [-0.2, -0.15) is 0 Å². The summed E-state index contributed by atoms with van der Waals surface area (Å²) in [5, 5.41) is 3.20. The van der Waals surface area contributed by atoms with Crippen molar-refractivity contribution in [2.24, 2.45) is 16.6 Å². The molecule has 1 aromatic rings. The highest BCUT2D eigenvalue weighted by Gasteiger charge is 2.32. The van der Waals surface area contributed by atoms with Gasteiger partial charge in [-0.05, 0) is 56.5 Å². The molecule has 3 N–H and O–H groups in total. The fourth-order valence-electron chi connectivity index (χ4n) is 2.57. The van der Waals surface area contributed by atoms with Crippen molar-refractivity contribution >= 4 is 11.6 Å². The van der Waals surface area contributed by atoms with Crippen molar-refractivity contribution in [1.82, 2.24) is 4.90 Å². The van der Waals surface area contributed by atoms with Gasteiger partial charge in [0.1, 0.15) is 0 Å². The second-order valence-corrected chi connectivity index (χ2v) is 6.50. The highest BCUT2D eigenvalue weighted by Crippen LogP contribution is 2.34.